The van der Waals surface area contributed by atoms with Crippen LogP contribution in [-0.4, -0.2) is 33.0 Å². The largest absolute Gasteiger partial charge is 0.354 e. The lowest BCUT2D eigenvalue weighted by Gasteiger charge is -2.08. The zero-order chi connectivity index (χ0) is 19.9. The van der Waals surface area contributed by atoms with Crippen molar-refractivity contribution in [3.05, 3.63) is 69.7 Å². The molecule has 9 heteroatoms. The summed E-state index contributed by atoms with van der Waals surface area (Å²) in [6, 6.07) is 13.8. The van der Waals surface area contributed by atoms with Crippen molar-refractivity contribution in [3.8, 4) is 11.4 Å². The Labute approximate surface area is 176 Å². The number of nitrogens with one attached hydrogen (secondary N) is 2. The van der Waals surface area contributed by atoms with E-state index in [1.54, 1.807) is 40.6 Å². The van der Waals surface area contributed by atoms with Crippen molar-refractivity contribution in [1.29, 1.82) is 0 Å². The first-order chi connectivity index (χ1) is 13.5. The molecule has 1 amide bonds. The lowest BCUT2D eigenvalue weighted by Crippen LogP contribution is -2.29. The Morgan fingerprint density at radius 3 is 2.75 bits per heavy atom. The predicted molar refractivity (Wildman–Crippen MR) is 113 cm³/mol. The fraction of sp³-hybridized carbons (Fsp3) is 0.211. The van der Waals surface area contributed by atoms with E-state index in [9.17, 15) is 9.18 Å². The second-order valence-corrected chi connectivity index (χ2v) is 7.87. The van der Waals surface area contributed by atoms with Crippen molar-refractivity contribution in [3.63, 3.8) is 0 Å². The van der Waals surface area contributed by atoms with E-state index in [0.717, 1.165) is 5.56 Å². The third-order valence-corrected chi connectivity index (χ3v) is 5.52. The molecule has 2 aromatic carbocycles. The first-order valence-electron chi connectivity index (χ1n) is 8.53. The summed E-state index contributed by atoms with van der Waals surface area (Å²) in [5, 5.41) is 10.4. The fourth-order valence-corrected chi connectivity index (χ4v) is 3.71. The molecule has 146 valence electrons. The van der Waals surface area contributed by atoms with Gasteiger partial charge in [0.25, 0.3) is 0 Å². The number of H-pyrrole nitrogens is 1. The normalized spacial score (nSPS) is 10.8. The molecule has 0 saturated carbocycles. The van der Waals surface area contributed by atoms with Gasteiger partial charge in [0.05, 0.1) is 0 Å². The van der Waals surface area contributed by atoms with Gasteiger partial charge in [-0.15, -0.1) is 0 Å². The number of nitrogens with zero attached hydrogens (tertiary/aromatic N) is 2. The van der Waals surface area contributed by atoms with Crippen molar-refractivity contribution >= 4 is 41.5 Å². The van der Waals surface area contributed by atoms with Crippen molar-refractivity contribution < 1.29 is 9.18 Å². The molecule has 3 rings (SSSR count). The lowest BCUT2D eigenvalue weighted by atomic mass is 10.2. The molecular weight excluding hydrogens is 419 g/mol. The van der Waals surface area contributed by atoms with Crippen LogP contribution in [0.1, 0.15) is 5.56 Å². The van der Waals surface area contributed by atoms with Crippen LogP contribution in [0.3, 0.4) is 0 Å². The van der Waals surface area contributed by atoms with Gasteiger partial charge in [0.2, 0.25) is 5.91 Å². The molecule has 0 aliphatic rings. The van der Waals surface area contributed by atoms with Crippen LogP contribution in [-0.2, 0) is 17.1 Å². The summed E-state index contributed by atoms with van der Waals surface area (Å²) in [6.07, 6.45) is 0. The molecule has 5 nitrogen and oxygen atoms in total. The second kappa shape index (κ2) is 9.86. The van der Waals surface area contributed by atoms with E-state index in [4.69, 9.17) is 23.8 Å². The molecule has 0 fully saturated rings. The summed E-state index contributed by atoms with van der Waals surface area (Å²) in [5.41, 5.74) is 1.47. The maximum Gasteiger partial charge on any atom is 0.240 e. The van der Waals surface area contributed by atoms with Crippen molar-refractivity contribution in [1.82, 2.24) is 20.1 Å². The molecule has 0 aliphatic heterocycles. The van der Waals surface area contributed by atoms with Gasteiger partial charge in [0.1, 0.15) is 12.4 Å². The molecule has 1 aromatic heterocycles. The van der Waals surface area contributed by atoms with Gasteiger partial charge in [0, 0.05) is 28.6 Å². The maximum absolute atomic E-state index is 13.6. The molecule has 0 saturated heterocycles. The SMILES string of the molecule is O=C(Cn1c(-c2ccc(Cl)cc2)n[nH]c1=S)NCCSCc1ccccc1F. The molecule has 1 heterocycles. The number of carbonyl (C=O) groups excluding carboxylic acids is 1. The van der Waals surface area contributed by atoms with E-state index in [1.165, 1.54) is 6.07 Å². The minimum Gasteiger partial charge on any atom is -0.354 e. The number of amides is 1. The Morgan fingerprint density at radius 1 is 1.25 bits per heavy atom. The predicted octanol–water partition coefficient (Wildman–Crippen LogP) is 4.45. The molecule has 0 bridgehead atoms. The van der Waals surface area contributed by atoms with Gasteiger partial charge in [-0.1, -0.05) is 29.8 Å². The average molecular weight is 437 g/mol. The summed E-state index contributed by atoms with van der Waals surface area (Å²) in [7, 11) is 0. The maximum atomic E-state index is 13.6. The Morgan fingerprint density at radius 2 is 2.00 bits per heavy atom. The van der Waals surface area contributed by atoms with Gasteiger partial charge in [-0.05, 0) is 48.1 Å². The minimum absolute atomic E-state index is 0.0608. The molecule has 28 heavy (non-hydrogen) atoms. The zero-order valence-corrected chi connectivity index (χ0v) is 17.2. The molecular formula is C19H18ClFN4OS2. The Bertz CT molecular complexity index is 1000. The molecule has 0 aliphatic carbocycles. The van der Waals surface area contributed by atoms with Crippen molar-refractivity contribution in [2.75, 3.05) is 12.3 Å². The van der Waals surface area contributed by atoms with Gasteiger partial charge in [-0.3, -0.25) is 14.5 Å². The highest BCUT2D eigenvalue weighted by Gasteiger charge is 2.12. The van der Waals surface area contributed by atoms with Crippen LogP contribution < -0.4 is 5.32 Å². The number of hydrogen-bond acceptors (Lipinski definition) is 4. The van der Waals surface area contributed by atoms with Crippen LogP contribution in [0.4, 0.5) is 4.39 Å². The lowest BCUT2D eigenvalue weighted by molar-refractivity contribution is -0.121. The van der Waals surface area contributed by atoms with Crippen LogP contribution in [0.25, 0.3) is 11.4 Å². The van der Waals surface area contributed by atoms with E-state index in [-0.39, 0.29) is 18.3 Å². The topological polar surface area (TPSA) is 62.7 Å². The number of halogens is 2. The van der Waals surface area contributed by atoms with Crippen molar-refractivity contribution in [2.24, 2.45) is 0 Å². The van der Waals surface area contributed by atoms with E-state index in [0.29, 0.717) is 39.2 Å². The Hall–Kier alpha value is -2.16. The van der Waals surface area contributed by atoms with E-state index in [1.807, 2.05) is 18.2 Å². The number of rotatable bonds is 8. The molecule has 2 N–H and O–H groups in total. The number of thioether (sulfide) groups is 1. The molecule has 0 atom stereocenters. The summed E-state index contributed by atoms with van der Waals surface area (Å²) >= 11 is 12.7. The highest BCUT2D eigenvalue weighted by atomic mass is 35.5. The highest BCUT2D eigenvalue weighted by molar-refractivity contribution is 7.98. The molecule has 0 radical (unpaired) electrons. The van der Waals surface area contributed by atoms with Crippen LogP contribution in [0.15, 0.2) is 48.5 Å². The van der Waals surface area contributed by atoms with Crippen LogP contribution >= 0.6 is 35.6 Å². The second-order valence-electron chi connectivity index (χ2n) is 5.94. The molecule has 3 aromatic rings. The van der Waals surface area contributed by atoms with Crippen LogP contribution in [0.5, 0.6) is 0 Å². The number of benzene rings is 2. The standard InChI is InChI=1S/C19H18ClFN4OS2/c20-15-7-5-13(6-8-15)18-23-24-19(27)25(18)11-17(26)22-9-10-28-12-14-3-1-2-4-16(14)21/h1-8H,9-12H2,(H,22,26)(H,24,27). The van der Waals surface area contributed by atoms with Gasteiger partial charge in [-0.25, -0.2) is 4.39 Å². The van der Waals surface area contributed by atoms with Gasteiger partial charge in [-0.2, -0.15) is 16.9 Å². The molecule has 0 spiro atoms. The Balaban J connectivity index is 1.50. The quantitative estimate of drug-likeness (QED) is 0.404. The summed E-state index contributed by atoms with van der Waals surface area (Å²) < 4.78 is 15.6. The van der Waals surface area contributed by atoms with Gasteiger partial charge >= 0.3 is 0 Å². The average Bonchev–Trinajstić information content (AvgIpc) is 3.04. The first-order valence-corrected chi connectivity index (χ1v) is 10.5. The third-order valence-electron chi connectivity index (χ3n) is 3.95. The van der Waals surface area contributed by atoms with E-state index < -0.39 is 0 Å². The summed E-state index contributed by atoms with van der Waals surface area (Å²) in [6.45, 7) is 0.546. The third kappa shape index (κ3) is 5.43. The highest BCUT2D eigenvalue weighted by Crippen LogP contribution is 2.20. The zero-order valence-electron chi connectivity index (χ0n) is 14.8. The number of aromatic amines is 1. The van der Waals surface area contributed by atoms with Gasteiger partial charge < -0.3 is 5.32 Å². The summed E-state index contributed by atoms with van der Waals surface area (Å²) in [5.74, 6) is 1.45. The smallest absolute Gasteiger partial charge is 0.240 e. The summed E-state index contributed by atoms with van der Waals surface area (Å²) in [4.78, 5) is 12.3. The van der Waals surface area contributed by atoms with Gasteiger partial charge in [0.15, 0.2) is 10.6 Å². The van der Waals surface area contributed by atoms with Crippen LogP contribution in [0.2, 0.25) is 5.02 Å². The van der Waals surface area contributed by atoms with E-state index in [2.05, 4.69) is 15.5 Å². The number of aromatic nitrogens is 3. The van der Waals surface area contributed by atoms with Crippen LogP contribution in [0, 0.1) is 10.6 Å². The Kier molecular flexibility index (Phi) is 7.24. The van der Waals surface area contributed by atoms with Crippen molar-refractivity contribution in [2.45, 2.75) is 12.3 Å². The minimum atomic E-state index is -0.205. The van der Waals surface area contributed by atoms with E-state index >= 15 is 0 Å². The molecule has 0 unspecified atom stereocenters. The fourth-order valence-electron chi connectivity index (χ4n) is 2.54. The first kappa shape index (κ1) is 20.6. The number of carbonyl (C=O) groups is 1. The monoisotopic (exact) mass is 436 g/mol. The number of hydrogen-bond donors (Lipinski definition) is 2.